The van der Waals surface area contributed by atoms with Gasteiger partial charge in [0, 0.05) is 15.6 Å². The molecule has 2 N–H and O–H groups in total. The van der Waals surface area contributed by atoms with E-state index in [0.29, 0.717) is 15.6 Å². The van der Waals surface area contributed by atoms with Crippen molar-refractivity contribution in [3.05, 3.63) is 69.3 Å². The van der Waals surface area contributed by atoms with Gasteiger partial charge in [0.2, 0.25) is 0 Å². The minimum Gasteiger partial charge on any atom is -0.507 e. The lowest BCUT2D eigenvalue weighted by Crippen LogP contribution is -2.30. The van der Waals surface area contributed by atoms with E-state index in [4.69, 9.17) is 35.4 Å². The van der Waals surface area contributed by atoms with Crippen LogP contribution < -0.4 is 5.32 Å². The monoisotopic (exact) mass is 378 g/mol. The van der Waals surface area contributed by atoms with Crippen LogP contribution in [-0.4, -0.2) is 21.0 Å². The molecule has 4 nitrogen and oxygen atoms in total. The van der Waals surface area contributed by atoms with E-state index in [1.54, 1.807) is 18.2 Å². The van der Waals surface area contributed by atoms with E-state index < -0.39 is 0 Å². The topological polar surface area (TPSA) is 52.6 Å². The molecule has 7 heteroatoms. The molecule has 0 bridgehead atoms. The molecule has 1 heterocycles. The second kappa shape index (κ2) is 6.81. The first-order valence-corrected chi connectivity index (χ1v) is 8.18. The van der Waals surface area contributed by atoms with E-state index in [0.717, 1.165) is 5.56 Å². The summed E-state index contributed by atoms with van der Waals surface area (Å²) in [7, 11) is 0. The highest BCUT2D eigenvalue weighted by molar-refractivity contribution is 7.80. The summed E-state index contributed by atoms with van der Waals surface area (Å²) < 4.78 is 0. The number of halogens is 2. The maximum atomic E-state index is 12.6. The molecule has 122 valence electrons. The van der Waals surface area contributed by atoms with Gasteiger partial charge in [-0.3, -0.25) is 9.69 Å². The second-order valence-electron chi connectivity index (χ2n) is 5.17. The summed E-state index contributed by atoms with van der Waals surface area (Å²) in [4.78, 5) is 14.0. The summed E-state index contributed by atoms with van der Waals surface area (Å²) in [5.74, 6) is -0.267. The molecule has 0 unspecified atom stereocenters. The molecule has 0 saturated carbocycles. The first kappa shape index (κ1) is 16.8. The number of carbonyl (C=O) groups excluding carboxylic acids is 1. The molecule has 3 rings (SSSR count). The number of hydrogen-bond donors (Lipinski definition) is 2. The number of hydrogen-bond acceptors (Lipinski definition) is 3. The van der Waals surface area contributed by atoms with Gasteiger partial charge in [0.1, 0.15) is 11.4 Å². The molecule has 1 aliphatic rings. The molecule has 1 amide bonds. The van der Waals surface area contributed by atoms with E-state index in [9.17, 15) is 9.90 Å². The minimum absolute atomic E-state index is 0.0250. The summed E-state index contributed by atoms with van der Waals surface area (Å²) in [6, 6.07) is 11.9. The van der Waals surface area contributed by atoms with Crippen LogP contribution in [0.15, 0.2) is 48.2 Å². The Labute approximate surface area is 154 Å². The van der Waals surface area contributed by atoms with Crippen molar-refractivity contribution in [3.8, 4) is 5.75 Å². The zero-order valence-corrected chi connectivity index (χ0v) is 14.6. The number of amides is 1. The quantitative estimate of drug-likeness (QED) is 0.626. The zero-order chi connectivity index (χ0) is 17.3. The Bertz CT molecular complexity index is 867. The van der Waals surface area contributed by atoms with Crippen molar-refractivity contribution >= 4 is 52.5 Å². The van der Waals surface area contributed by atoms with Crippen LogP contribution in [0.1, 0.15) is 11.1 Å². The van der Waals surface area contributed by atoms with Gasteiger partial charge in [0.25, 0.3) is 5.91 Å². The maximum absolute atomic E-state index is 12.6. The molecular formula is C17H12Cl2N2O2S. The van der Waals surface area contributed by atoms with E-state index >= 15 is 0 Å². The number of phenolic OH excluding ortho intramolecular Hbond substituents is 1. The van der Waals surface area contributed by atoms with Crippen molar-refractivity contribution in [2.75, 3.05) is 0 Å². The minimum atomic E-state index is -0.292. The molecule has 1 aliphatic heterocycles. The van der Waals surface area contributed by atoms with Gasteiger partial charge in [0.05, 0.1) is 6.54 Å². The average Bonchev–Trinajstić information content (AvgIpc) is 2.80. The van der Waals surface area contributed by atoms with Gasteiger partial charge in [-0.1, -0.05) is 41.4 Å². The van der Waals surface area contributed by atoms with Crippen molar-refractivity contribution in [3.63, 3.8) is 0 Å². The van der Waals surface area contributed by atoms with Gasteiger partial charge in [-0.15, -0.1) is 0 Å². The van der Waals surface area contributed by atoms with Crippen LogP contribution in [0.5, 0.6) is 5.75 Å². The Hall–Kier alpha value is -2.08. The van der Waals surface area contributed by atoms with Gasteiger partial charge >= 0.3 is 0 Å². The lowest BCUT2D eigenvalue weighted by atomic mass is 10.1. The Morgan fingerprint density at radius 1 is 1.21 bits per heavy atom. The number of thiocarbonyl (C=S) groups is 1. The number of rotatable bonds is 3. The van der Waals surface area contributed by atoms with E-state index in [2.05, 4.69) is 5.32 Å². The van der Waals surface area contributed by atoms with Crippen LogP contribution in [0.25, 0.3) is 6.08 Å². The summed E-state index contributed by atoms with van der Waals surface area (Å²) in [6.45, 7) is 0.267. The third kappa shape index (κ3) is 3.38. The number of carbonyl (C=O) groups is 1. The number of benzene rings is 2. The van der Waals surface area contributed by atoms with Crippen molar-refractivity contribution < 1.29 is 9.90 Å². The number of nitrogens with one attached hydrogen (secondary N) is 1. The molecule has 2 aromatic rings. The highest BCUT2D eigenvalue weighted by Crippen LogP contribution is 2.26. The number of aromatic hydroxyl groups is 1. The third-order valence-corrected chi connectivity index (χ3v) is 4.46. The van der Waals surface area contributed by atoms with Crippen molar-refractivity contribution in [2.24, 2.45) is 0 Å². The molecule has 0 radical (unpaired) electrons. The fraction of sp³-hybridized carbons (Fsp3) is 0.0588. The maximum Gasteiger partial charge on any atom is 0.276 e. The Morgan fingerprint density at radius 3 is 2.71 bits per heavy atom. The van der Waals surface area contributed by atoms with Crippen LogP contribution in [-0.2, 0) is 11.3 Å². The van der Waals surface area contributed by atoms with E-state index in [1.165, 1.54) is 17.0 Å². The molecule has 1 fully saturated rings. The third-order valence-electron chi connectivity index (χ3n) is 3.54. The standard InChI is InChI=1S/C17H12Cl2N2O2S/c18-12-5-6-15(22)11(7-12)8-14-16(23)21(17(24)20-14)9-10-3-1-2-4-13(10)19/h1-8,22H,9H2,(H,20,24)/b14-8+. The average molecular weight is 379 g/mol. The molecule has 24 heavy (non-hydrogen) atoms. The van der Waals surface area contributed by atoms with Crippen LogP contribution in [0.2, 0.25) is 10.0 Å². The summed E-state index contributed by atoms with van der Waals surface area (Å²) in [5.41, 5.74) is 1.49. The van der Waals surface area contributed by atoms with Crippen LogP contribution in [0.3, 0.4) is 0 Å². The Balaban J connectivity index is 1.88. The normalized spacial score (nSPS) is 15.9. The van der Waals surface area contributed by atoms with Gasteiger partial charge in [-0.25, -0.2) is 0 Å². The summed E-state index contributed by atoms with van der Waals surface area (Å²) >= 11 is 17.3. The van der Waals surface area contributed by atoms with Crippen molar-refractivity contribution in [1.29, 1.82) is 0 Å². The van der Waals surface area contributed by atoms with Crippen LogP contribution in [0, 0.1) is 0 Å². The van der Waals surface area contributed by atoms with Gasteiger partial charge in [-0.2, -0.15) is 0 Å². The fourth-order valence-corrected chi connectivity index (χ4v) is 2.94. The zero-order valence-electron chi connectivity index (χ0n) is 12.3. The van der Waals surface area contributed by atoms with Crippen LogP contribution >= 0.6 is 35.4 Å². The molecule has 0 aromatic heterocycles. The molecular weight excluding hydrogens is 367 g/mol. The van der Waals surface area contributed by atoms with Gasteiger partial charge < -0.3 is 10.4 Å². The molecule has 0 atom stereocenters. The lowest BCUT2D eigenvalue weighted by Gasteiger charge is -2.14. The highest BCUT2D eigenvalue weighted by Gasteiger charge is 2.31. The molecule has 0 spiro atoms. The summed E-state index contributed by atoms with van der Waals surface area (Å²) in [5, 5.41) is 14.1. The first-order chi connectivity index (χ1) is 11.5. The number of nitrogens with zero attached hydrogens (tertiary/aromatic N) is 1. The largest absolute Gasteiger partial charge is 0.507 e. The van der Waals surface area contributed by atoms with Crippen molar-refractivity contribution in [1.82, 2.24) is 10.2 Å². The van der Waals surface area contributed by atoms with E-state index in [1.807, 2.05) is 18.2 Å². The Morgan fingerprint density at radius 2 is 1.96 bits per heavy atom. The second-order valence-corrected chi connectivity index (χ2v) is 6.40. The van der Waals surface area contributed by atoms with Crippen LogP contribution in [0.4, 0.5) is 0 Å². The molecule has 1 saturated heterocycles. The molecule has 0 aliphatic carbocycles. The lowest BCUT2D eigenvalue weighted by molar-refractivity contribution is -0.122. The predicted molar refractivity (Wildman–Crippen MR) is 98.8 cm³/mol. The van der Waals surface area contributed by atoms with Crippen molar-refractivity contribution in [2.45, 2.75) is 6.54 Å². The highest BCUT2D eigenvalue weighted by atomic mass is 35.5. The number of phenols is 1. The smallest absolute Gasteiger partial charge is 0.276 e. The Kier molecular flexibility index (Phi) is 4.76. The fourth-order valence-electron chi connectivity index (χ4n) is 2.31. The first-order valence-electron chi connectivity index (χ1n) is 7.02. The summed E-state index contributed by atoms with van der Waals surface area (Å²) in [6.07, 6.45) is 1.52. The SMILES string of the molecule is O=C1/C(=C\c2cc(Cl)ccc2O)NC(=S)N1Cc1ccccc1Cl. The van der Waals surface area contributed by atoms with E-state index in [-0.39, 0.29) is 29.0 Å². The van der Waals surface area contributed by atoms with Gasteiger partial charge in [-0.05, 0) is 48.1 Å². The predicted octanol–water partition coefficient (Wildman–Crippen LogP) is 3.96. The molecule has 2 aromatic carbocycles. The van der Waals surface area contributed by atoms with Gasteiger partial charge in [0.15, 0.2) is 5.11 Å².